The van der Waals surface area contributed by atoms with Crippen LogP contribution >= 0.6 is 11.6 Å². The quantitative estimate of drug-likeness (QED) is 0.284. The van der Waals surface area contributed by atoms with E-state index in [-0.39, 0.29) is 11.6 Å². The van der Waals surface area contributed by atoms with Crippen LogP contribution in [0.3, 0.4) is 0 Å². The van der Waals surface area contributed by atoms with Crippen molar-refractivity contribution < 1.29 is 9.50 Å². The Bertz CT molecular complexity index is 1090. The Morgan fingerprint density at radius 2 is 2.00 bits per heavy atom. The highest BCUT2D eigenvalue weighted by molar-refractivity contribution is 6.31. The van der Waals surface area contributed by atoms with Gasteiger partial charge in [-0.15, -0.1) is 0 Å². The zero-order valence-corrected chi connectivity index (χ0v) is 16.6. The first-order chi connectivity index (χ1) is 13.6. The van der Waals surface area contributed by atoms with Crippen molar-refractivity contribution in [3.8, 4) is 11.4 Å². The number of hydrazine groups is 1. The number of nitrogen functional groups attached to an aromatic ring is 1. The maximum absolute atomic E-state index is 14.6. The molecular weight excluding hydrogens is 399 g/mol. The van der Waals surface area contributed by atoms with Gasteiger partial charge in [0.25, 0.3) is 0 Å². The largest absolute Gasteiger partial charge is 0.386 e. The molecule has 0 aromatic carbocycles. The van der Waals surface area contributed by atoms with Gasteiger partial charge in [0.2, 0.25) is 0 Å². The van der Waals surface area contributed by atoms with Gasteiger partial charge in [0.1, 0.15) is 5.66 Å². The molecule has 1 aliphatic carbocycles. The lowest BCUT2D eigenvalue weighted by Crippen LogP contribution is -2.73. The lowest BCUT2D eigenvalue weighted by molar-refractivity contribution is -0.0517. The van der Waals surface area contributed by atoms with E-state index >= 15 is 0 Å². The number of nitrogens with two attached hydrogens (primary N) is 3. The van der Waals surface area contributed by atoms with Crippen LogP contribution < -0.4 is 22.4 Å². The van der Waals surface area contributed by atoms with Crippen molar-refractivity contribution in [1.82, 2.24) is 19.6 Å². The maximum atomic E-state index is 14.6. The fourth-order valence-electron chi connectivity index (χ4n) is 3.86. The molecule has 4 rings (SSSR count). The summed E-state index contributed by atoms with van der Waals surface area (Å²) in [5, 5.41) is 12.8. The van der Waals surface area contributed by atoms with Crippen LogP contribution in [0.25, 0.3) is 22.4 Å². The van der Waals surface area contributed by atoms with E-state index in [1.165, 1.54) is 10.9 Å². The van der Waals surface area contributed by atoms with Gasteiger partial charge < -0.3 is 16.7 Å². The molecule has 1 saturated carbocycles. The molecule has 9 nitrogen and oxygen atoms in total. The Balaban J connectivity index is 1.83. The van der Waals surface area contributed by atoms with Crippen LogP contribution in [0.4, 0.5) is 10.2 Å². The molecule has 0 aliphatic heterocycles. The number of hydrogen-bond donors (Lipinski definition) is 4. The van der Waals surface area contributed by atoms with Crippen molar-refractivity contribution in [2.75, 3.05) is 10.9 Å². The van der Waals surface area contributed by atoms with Gasteiger partial charge in [-0.3, -0.25) is 9.69 Å². The van der Waals surface area contributed by atoms with Crippen LogP contribution in [-0.4, -0.2) is 36.0 Å². The maximum Gasteiger partial charge on any atom is 0.185 e. The van der Waals surface area contributed by atoms with Crippen LogP contribution in [-0.2, 0) is 0 Å². The Morgan fingerprint density at radius 1 is 1.28 bits per heavy atom. The van der Waals surface area contributed by atoms with Crippen molar-refractivity contribution in [1.29, 1.82) is 0 Å². The van der Waals surface area contributed by atoms with E-state index in [0.717, 1.165) is 24.0 Å². The Kier molecular flexibility index (Phi) is 4.61. The Labute approximate surface area is 171 Å². The molecule has 2 atom stereocenters. The van der Waals surface area contributed by atoms with Gasteiger partial charge in [0.05, 0.1) is 16.8 Å². The number of anilines is 1. The highest BCUT2D eigenvalue weighted by Crippen LogP contribution is 2.39. The van der Waals surface area contributed by atoms with Crippen LogP contribution in [0.15, 0.2) is 24.7 Å². The fourth-order valence-corrected chi connectivity index (χ4v) is 4.02. The number of hydrogen-bond acceptors (Lipinski definition) is 8. The van der Waals surface area contributed by atoms with Gasteiger partial charge in [-0.2, -0.15) is 0 Å². The topological polar surface area (TPSA) is 145 Å². The SMILES string of the molecule is C[C@]1(O)CCCC[C@]1(N)N(N)c1nc(-c2cn(N)c3ncc(Cl)cc23)ncc1F. The van der Waals surface area contributed by atoms with Gasteiger partial charge in [0, 0.05) is 23.3 Å². The summed E-state index contributed by atoms with van der Waals surface area (Å²) in [6, 6.07) is 1.67. The molecule has 0 radical (unpaired) electrons. The number of halogens is 2. The minimum atomic E-state index is -1.38. The predicted molar refractivity (Wildman–Crippen MR) is 109 cm³/mol. The van der Waals surface area contributed by atoms with Crippen molar-refractivity contribution in [2.24, 2.45) is 11.6 Å². The van der Waals surface area contributed by atoms with E-state index in [1.54, 1.807) is 19.2 Å². The summed E-state index contributed by atoms with van der Waals surface area (Å²) in [5.74, 6) is 11.4. The second-order valence-electron chi connectivity index (χ2n) is 7.62. The molecule has 3 heterocycles. The molecule has 0 bridgehead atoms. The van der Waals surface area contributed by atoms with Gasteiger partial charge in [-0.05, 0) is 32.3 Å². The summed E-state index contributed by atoms with van der Waals surface area (Å²) in [7, 11) is 0. The molecule has 0 spiro atoms. The number of fused-ring (bicyclic) bond motifs is 1. The average molecular weight is 421 g/mol. The average Bonchev–Trinajstić information content (AvgIpc) is 3.00. The van der Waals surface area contributed by atoms with Crippen molar-refractivity contribution >= 4 is 28.5 Å². The lowest BCUT2D eigenvalue weighted by atomic mass is 9.76. The first-order valence-corrected chi connectivity index (χ1v) is 9.52. The number of pyridine rings is 1. The molecule has 3 aromatic rings. The summed E-state index contributed by atoms with van der Waals surface area (Å²) in [4.78, 5) is 12.6. The van der Waals surface area contributed by atoms with E-state index in [4.69, 9.17) is 29.0 Å². The molecule has 1 aliphatic rings. The van der Waals surface area contributed by atoms with Gasteiger partial charge >= 0.3 is 0 Å². The minimum Gasteiger partial charge on any atom is -0.386 e. The van der Waals surface area contributed by atoms with Gasteiger partial charge in [-0.1, -0.05) is 18.0 Å². The molecule has 0 amide bonds. The van der Waals surface area contributed by atoms with E-state index < -0.39 is 17.1 Å². The third kappa shape index (κ3) is 3.08. The predicted octanol–water partition coefficient (Wildman–Crippen LogP) is 1.66. The number of rotatable bonds is 3. The zero-order chi connectivity index (χ0) is 21.0. The fraction of sp³-hybridized carbons (Fsp3) is 0.389. The van der Waals surface area contributed by atoms with Crippen molar-refractivity contribution in [3.05, 3.63) is 35.5 Å². The third-order valence-corrected chi connectivity index (χ3v) is 5.87. The second kappa shape index (κ2) is 6.77. The summed E-state index contributed by atoms with van der Waals surface area (Å²) in [6.07, 6.45) is 6.44. The summed E-state index contributed by atoms with van der Waals surface area (Å²) in [6.45, 7) is 1.60. The molecule has 1 fully saturated rings. The van der Waals surface area contributed by atoms with E-state index in [1.807, 2.05) is 0 Å². The smallest absolute Gasteiger partial charge is 0.185 e. The normalized spacial score (nSPS) is 24.8. The Hall–Kier alpha value is -2.53. The van der Waals surface area contributed by atoms with Crippen molar-refractivity contribution in [2.45, 2.75) is 43.9 Å². The molecular formula is C18H22ClFN8O. The number of aliphatic hydroxyl groups is 1. The van der Waals surface area contributed by atoms with Crippen LogP contribution in [0, 0.1) is 5.82 Å². The first kappa shape index (κ1) is 19.8. The minimum absolute atomic E-state index is 0.175. The molecule has 154 valence electrons. The highest BCUT2D eigenvalue weighted by atomic mass is 35.5. The highest BCUT2D eigenvalue weighted by Gasteiger charge is 2.50. The van der Waals surface area contributed by atoms with Gasteiger partial charge in [-0.25, -0.2) is 25.2 Å². The molecule has 0 saturated heterocycles. The number of aromatic nitrogens is 4. The monoisotopic (exact) mass is 420 g/mol. The van der Waals surface area contributed by atoms with Crippen LogP contribution in [0.5, 0.6) is 0 Å². The molecule has 0 unspecified atom stereocenters. The summed E-state index contributed by atoms with van der Waals surface area (Å²) < 4.78 is 16.0. The zero-order valence-electron chi connectivity index (χ0n) is 15.8. The summed E-state index contributed by atoms with van der Waals surface area (Å²) >= 11 is 6.06. The summed E-state index contributed by atoms with van der Waals surface area (Å²) in [5.41, 5.74) is 4.73. The molecule has 3 aromatic heterocycles. The van der Waals surface area contributed by atoms with Crippen LogP contribution in [0.1, 0.15) is 32.6 Å². The molecule has 7 N–H and O–H groups in total. The third-order valence-electron chi connectivity index (χ3n) is 5.66. The van der Waals surface area contributed by atoms with E-state index in [2.05, 4.69) is 15.0 Å². The number of nitrogens with zero attached hydrogens (tertiary/aromatic N) is 5. The Morgan fingerprint density at radius 3 is 2.72 bits per heavy atom. The standard InChI is InChI=1S/C18H22ClFN8O/c1-17(29)4-2-3-5-18(17,21)28(23)16-13(20)8-24-14(26-16)12-9-27(22)15-11(12)6-10(19)7-25-15/h6-9,29H,2-5,21-23H2,1H3/t17-,18-/m0/s1. The second-order valence-corrected chi connectivity index (χ2v) is 8.05. The van der Waals surface area contributed by atoms with E-state index in [0.29, 0.717) is 34.5 Å². The van der Waals surface area contributed by atoms with Gasteiger partial charge in [0.15, 0.2) is 23.1 Å². The first-order valence-electron chi connectivity index (χ1n) is 9.15. The van der Waals surface area contributed by atoms with Crippen molar-refractivity contribution in [3.63, 3.8) is 0 Å². The van der Waals surface area contributed by atoms with E-state index in [9.17, 15) is 9.50 Å². The molecule has 29 heavy (non-hydrogen) atoms. The lowest BCUT2D eigenvalue weighted by Gasteiger charge is -2.50. The molecule has 11 heteroatoms. The van der Waals surface area contributed by atoms with Crippen LogP contribution in [0.2, 0.25) is 5.02 Å².